The fourth-order valence-corrected chi connectivity index (χ4v) is 2.75. The molecular weight excluding hydrogens is 248 g/mol. The van der Waals surface area contributed by atoms with Gasteiger partial charge in [0.2, 0.25) is 0 Å². The normalized spacial score (nSPS) is 15.2. The third-order valence-corrected chi connectivity index (χ3v) is 3.23. The number of aliphatic hydroxyl groups is 1. The molecule has 1 N–H and O–H groups in total. The van der Waals surface area contributed by atoms with Crippen LogP contribution in [0.3, 0.4) is 0 Å². The maximum Gasteiger partial charge on any atom is 0.125 e. The Morgan fingerprint density at radius 2 is 1.70 bits per heavy atom. The SMILES string of the molecule is CC(CC(O)c1ccccc1OC(C)C)CC(C)(C)C. The molecule has 0 amide bonds. The molecule has 2 atom stereocenters. The maximum absolute atomic E-state index is 10.5. The first-order chi connectivity index (χ1) is 9.19. The quantitative estimate of drug-likeness (QED) is 0.796. The minimum absolute atomic E-state index is 0.121. The summed E-state index contributed by atoms with van der Waals surface area (Å²) < 4.78 is 5.79. The first-order valence-electron chi connectivity index (χ1n) is 7.62. The Labute approximate surface area is 124 Å². The van der Waals surface area contributed by atoms with Crippen LogP contribution < -0.4 is 4.74 Å². The molecule has 0 aliphatic heterocycles. The monoisotopic (exact) mass is 278 g/mol. The second-order valence-corrected chi connectivity index (χ2v) is 7.33. The van der Waals surface area contributed by atoms with Gasteiger partial charge in [0.1, 0.15) is 5.75 Å². The molecule has 0 spiro atoms. The average Bonchev–Trinajstić information content (AvgIpc) is 2.25. The Hall–Kier alpha value is -1.02. The summed E-state index contributed by atoms with van der Waals surface area (Å²) in [6, 6.07) is 7.81. The van der Waals surface area contributed by atoms with Gasteiger partial charge in [-0.1, -0.05) is 45.9 Å². The van der Waals surface area contributed by atoms with Gasteiger partial charge in [0, 0.05) is 5.56 Å². The van der Waals surface area contributed by atoms with Crippen molar-refractivity contribution in [3.05, 3.63) is 29.8 Å². The number of benzene rings is 1. The molecule has 0 aliphatic rings. The zero-order chi connectivity index (χ0) is 15.3. The van der Waals surface area contributed by atoms with Gasteiger partial charge < -0.3 is 9.84 Å². The largest absolute Gasteiger partial charge is 0.491 e. The Morgan fingerprint density at radius 3 is 2.25 bits per heavy atom. The highest BCUT2D eigenvalue weighted by molar-refractivity contribution is 5.35. The molecule has 0 aliphatic carbocycles. The molecular formula is C18H30O2. The second-order valence-electron chi connectivity index (χ2n) is 7.33. The van der Waals surface area contributed by atoms with Crippen molar-refractivity contribution in [3.8, 4) is 5.75 Å². The smallest absolute Gasteiger partial charge is 0.125 e. The second kappa shape index (κ2) is 7.12. The van der Waals surface area contributed by atoms with Crippen LogP contribution in [0.5, 0.6) is 5.75 Å². The van der Waals surface area contributed by atoms with E-state index in [1.165, 1.54) is 0 Å². The number of hydrogen-bond acceptors (Lipinski definition) is 2. The van der Waals surface area contributed by atoms with Crippen molar-refractivity contribution < 1.29 is 9.84 Å². The van der Waals surface area contributed by atoms with Gasteiger partial charge in [-0.25, -0.2) is 0 Å². The zero-order valence-corrected chi connectivity index (χ0v) is 13.8. The van der Waals surface area contributed by atoms with Crippen molar-refractivity contribution in [1.29, 1.82) is 0 Å². The molecule has 114 valence electrons. The minimum Gasteiger partial charge on any atom is -0.491 e. The zero-order valence-electron chi connectivity index (χ0n) is 13.8. The highest BCUT2D eigenvalue weighted by Gasteiger charge is 2.21. The van der Waals surface area contributed by atoms with E-state index in [4.69, 9.17) is 4.74 Å². The Balaban J connectivity index is 2.74. The molecule has 0 bridgehead atoms. The first-order valence-corrected chi connectivity index (χ1v) is 7.62. The van der Waals surface area contributed by atoms with Crippen LogP contribution in [0.25, 0.3) is 0 Å². The summed E-state index contributed by atoms with van der Waals surface area (Å²) in [6.07, 6.45) is 1.55. The van der Waals surface area contributed by atoms with Crippen LogP contribution in [-0.4, -0.2) is 11.2 Å². The van der Waals surface area contributed by atoms with Crippen molar-refractivity contribution in [2.45, 2.75) is 66.6 Å². The summed E-state index contributed by atoms with van der Waals surface area (Å²) in [7, 11) is 0. The van der Waals surface area contributed by atoms with E-state index in [9.17, 15) is 5.11 Å². The molecule has 0 saturated carbocycles. The van der Waals surface area contributed by atoms with Crippen LogP contribution >= 0.6 is 0 Å². The molecule has 0 heterocycles. The number of aliphatic hydroxyl groups excluding tert-OH is 1. The van der Waals surface area contributed by atoms with Gasteiger partial charge in [-0.15, -0.1) is 0 Å². The molecule has 1 aromatic rings. The van der Waals surface area contributed by atoms with Gasteiger partial charge in [-0.05, 0) is 44.1 Å². The Kier molecular flexibility index (Phi) is 6.07. The van der Waals surface area contributed by atoms with Crippen LogP contribution in [0.4, 0.5) is 0 Å². The van der Waals surface area contributed by atoms with Gasteiger partial charge in [0.25, 0.3) is 0 Å². The highest BCUT2D eigenvalue weighted by atomic mass is 16.5. The molecule has 20 heavy (non-hydrogen) atoms. The van der Waals surface area contributed by atoms with Gasteiger partial charge >= 0.3 is 0 Å². The van der Waals surface area contributed by atoms with Gasteiger partial charge in [0.05, 0.1) is 12.2 Å². The molecule has 1 rings (SSSR count). The summed E-state index contributed by atoms with van der Waals surface area (Å²) in [5, 5.41) is 10.5. The lowest BCUT2D eigenvalue weighted by atomic mass is 9.82. The third-order valence-electron chi connectivity index (χ3n) is 3.23. The van der Waals surface area contributed by atoms with Crippen molar-refractivity contribution in [1.82, 2.24) is 0 Å². The lowest BCUT2D eigenvalue weighted by Crippen LogP contribution is -2.15. The predicted molar refractivity (Wildman–Crippen MR) is 85.0 cm³/mol. The van der Waals surface area contributed by atoms with Gasteiger partial charge in [-0.3, -0.25) is 0 Å². The Bertz CT molecular complexity index is 404. The standard InChI is InChI=1S/C18H30O2/c1-13(2)20-17-10-8-7-9-15(17)16(19)11-14(3)12-18(4,5)6/h7-10,13-14,16,19H,11-12H2,1-6H3. The predicted octanol–water partition coefficient (Wildman–Crippen LogP) is 4.97. The molecule has 0 aromatic heterocycles. The number of hydrogen-bond donors (Lipinski definition) is 1. The molecule has 0 saturated heterocycles. The summed E-state index contributed by atoms with van der Waals surface area (Å²) in [5.41, 5.74) is 1.20. The fraction of sp³-hybridized carbons (Fsp3) is 0.667. The number of rotatable bonds is 6. The van der Waals surface area contributed by atoms with Crippen LogP contribution in [0.15, 0.2) is 24.3 Å². The molecule has 0 radical (unpaired) electrons. The van der Waals surface area contributed by atoms with E-state index in [1.54, 1.807) is 0 Å². The lowest BCUT2D eigenvalue weighted by Gasteiger charge is -2.25. The van der Waals surface area contributed by atoms with Crippen molar-refractivity contribution in [3.63, 3.8) is 0 Å². The number of para-hydroxylation sites is 1. The van der Waals surface area contributed by atoms with Crippen LogP contribution in [-0.2, 0) is 0 Å². The van der Waals surface area contributed by atoms with Crippen LogP contribution in [0.2, 0.25) is 0 Å². The summed E-state index contributed by atoms with van der Waals surface area (Å²) in [5.74, 6) is 1.29. The van der Waals surface area contributed by atoms with Gasteiger partial charge in [0.15, 0.2) is 0 Å². The first kappa shape index (κ1) is 17.0. The van der Waals surface area contributed by atoms with E-state index in [2.05, 4.69) is 27.7 Å². The van der Waals surface area contributed by atoms with E-state index in [-0.39, 0.29) is 6.10 Å². The summed E-state index contributed by atoms with van der Waals surface area (Å²) in [6.45, 7) is 12.9. The van der Waals surface area contributed by atoms with Crippen molar-refractivity contribution >= 4 is 0 Å². The average molecular weight is 278 g/mol. The minimum atomic E-state index is -0.456. The molecule has 2 nitrogen and oxygen atoms in total. The maximum atomic E-state index is 10.5. The summed E-state index contributed by atoms with van der Waals surface area (Å²) in [4.78, 5) is 0. The van der Waals surface area contributed by atoms with E-state index in [1.807, 2.05) is 38.1 Å². The summed E-state index contributed by atoms with van der Waals surface area (Å²) >= 11 is 0. The lowest BCUT2D eigenvalue weighted by molar-refractivity contribution is 0.127. The topological polar surface area (TPSA) is 29.5 Å². The third kappa shape index (κ3) is 5.96. The Morgan fingerprint density at radius 1 is 1.10 bits per heavy atom. The molecule has 2 heteroatoms. The van der Waals surface area contributed by atoms with E-state index < -0.39 is 6.10 Å². The van der Waals surface area contributed by atoms with E-state index in [0.29, 0.717) is 11.3 Å². The molecule has 2 unspecified atom stereocenters. The van der Waals surface area contributed by atoms with Crippen molar-refractivity contribution in [2.75, 3.05) is 0 Å². The van der Waals surface area contributed by atoms with Crippen LogP contribution in [0, 0.1) is 11.3 Å². The fourth-order valence-electron chi connectivity index (χ4n) is 2.75. The molecule has 0 fully saturated rings. The van der Waals surface area contributed by atoms with Gasteiger partial charge in [-0.2, -0.15) is 0 Å². The van der Waals surface area contributed by atoms with Crippen LogP contribution in [0.1, 0.15) is 66.1 Å². The van der Waals surface area contributed by atoms with E-state index in [0.717, 1.165) is 24.2 Å². The van der Waals surface area contributed by atoms with Crippen molar-refractivity contribution in [2.24, 2.45) is 11.3 Å². The molecule has 1 aromatic carbocycles. The highest BCUT2D eigenvalue weighted by Crippen LogP contribution is 2.33. The number of ether oxygens (including phenoxy) is 1. The van der Waals surface area contributed by atoms with E-state index >= 15 is 0 Å².